The Morgan fingerprint density at radius 2 is 2.10 bits per heavy atom. The van der Waals surface area contributed by atoms with Crippen LogP contribution in [0.25, 0.3) is 0 Å². The average Bonchev–Trinajstić information content (AvgIpc) is 2.83. The topological polar surface area (TPSA) is 26.3 Å². The van der Waals surface area contributed by atoms with Gasteiger partial charge in [0.1, 0.15) is 5.75 Å². The Morgan fingerprint density at radius 1 is 1.35 bits per heavy atom. The average molecular weight is 353 g/mol. The predicted molar refractivity (Wildman–Crippen MR) is 87.1 cm³/mol. The van der Waals surface area contributed by atoms with E-state index in [2.05, 4.69) is 35.8 Å². The van der Waals surface area contributed by atoms with Crippen LogP contribution in [-0.2, 0) is 0 Å². The Bertz CT molecular complexity index is 617. The zero-order valence-corrected chi connectivity index (χ0v) is 14.2. The molecule has 0 aliphatic heterocycles. The van der Waals surface area contributed by atoms with E-state index in [-0.39, 0.29) is 12.4 Å². The first-order valence-corrected chi connectivity index (χ1v) is 8.16. The van der Waals surface area contributed by atoms with E-state index in [4.69, 9.17) is 4.74 Å². The minimum absolute atomic E-state index is 0.00113. The second-order valence-electron chi connectivity index (χ2n) is 4.99. The quantitative estimate of drug-likeness (QED) is 0.690. The van der Waals surface area contributed by atoms with Gasteiger partial charge in [0.05, 0.1) is 4.88 Å². The fourth-order valence-electron chi connectivity index (χ4n) is 1.83. The van der Waals surface area contributed by atoms with Gasteiger partial charge in [0.15, 0.2) is 6.61 Å². The second kappa shape index (κ2) is 6.55. The molecule has 0 radical (unpaired) electrons. The summed E-state index contributed by atoms with van der Waals surface area (Å²) in [5, 5.41) is 1.89. The number of carbonyl (C=O) groups is 1. The molecule has 0 bridgehead atoms. The molecule has 2 nitrogen and oxygen atoms in total. The summed E-state index contributed by atoms with van der Waals surface area (Å²) in [6.07, 6.45) is 0. The predicted octanol–water partition coefficient (Wildman–Crippen LogP) is 5.20. The first kappa shape index (κ1) is 15.3. The third kappa shape index (κ3) is 3.49. The van der Waals surface area contributed by atoms with Gasteiger partial charge in [0, 0.05) is 4.47 Å². The molecule has 0 unspecified atom stereocenters. The number of ketones is 1. The molecule has 0 aliphatic carbocycles. The van der Waals surface area contributed by atoms with Crippen molar-refractivity contribution in [2.45, 2.75) is 26.7 Å². The van der Waals surface area contributed by atoms with Crippen LogP contribution in [0.2, 0.25) is 0 Å². The van der Waals surface area contributed by atoms with Gasteiger partial charge in [0.25, 0.3) is 0 Å². The summed E-state index contributed by atoms with van der Waals surface area (Å²) in [5.41, 5.74) is 2.27. The van der Waals surface area contributed by atoms with Crippen LogP contribution in [-0.4, -0.2) is 12.4 Å². The van der Waals surface area contributed by atoms with E-state index in [1.807, 2.05) is 30.5 Å². The van der Waals surface area contributed by atoms with Crippen molar-refractivity contribution in [1.29, 1.82) is 0 Å². The number of aryl methyl sites for hydroxylation is 1. The number of hydrogen-bond acceptors (Lipinski definition) is 3. The van der Waals surface area contributed by atoms with Crippen LogP contribution in [0.15, 0.2) is 34.1 Å². The maximum Gasteiger partial charge on any atom is 0.211 e. The molecule has 2 rings (SSSR count). The summed E-state index contributed by atoms with van der Waals surface area (Å²) in [6, 6.07) is 8.04. The SMILES string of the molecule is Cc1ccc(C(C)C)cc1OCC(=O)c1sccc1Br. The first-order valence-electron chi connectivity index (χ1n) is 6.48. The molecule has 0 fully saturated rings. The maximum absolute atomic E-state index is 12.1. The van der Waals surface area contributed by atoms with Crippen molar-refractivity contribution in [3.8, 4) is 5.75 Å². The Balaban J connectivity index is 2.09. The number of thiophene rings is 1. The van der Waals surface area contributed by atoms with Gasteiger partial charge >= 0.3 is 0 Å². The summed E-state index contributed by atoms with van der Waals surface area (Å²) >= 11 is 4.80. The van der Waals surface area contributed by atoms with Crippen molar-refractivity contribution in [3.63, 3.8) is 0 Å². The number of hydrogen-bond donors (Lipinski definition) is 0. The first-order chi connectivity index (χ1) is 9.49. The van der Waals surface area contributed by atoms with Crippen LogP contribution in [0.5, 0.6) is 5.75 Å². The molecule has 20 heavy (non-hydrogen) atoms. The van der Waals surface area contributed by atoms with Gasteiger partial charge in [-0.15, -0.1) is 11.3 Å². The summed E-state index contributed by atoms with van der Waals surface area (Å²) in [6.45, 7) is 6.34. The standard InChI is InChI=1S/C16H17BrO2S/c1-10(2)12-5-4-11(3)15(8-12)19-9-14(18)16-13(17)6-7-20-16/h4-8,10H,9H2,1-3H3. The molecule has 0 amide bonds. The number of halogens is 1. The number of Topliss-reactive ketones (excluding diaryl/α,β-unsaturated/α-hetero) is 1. The Hall–Kier alpha value is -1.13. The van der Waals surface area contributed by atoms with Crippen LogP contribution in [0.1, 0.15) is 40.6 Å². The normalized spacial score (nSPS) is 10.8. The van der Waals surface area contributed by atoms with Crippen molar-refractivity contribution in [2.75, 3.05) is 6.61 Å². The monoisotopic (exact) mass is 352 g/mol. The summed E-state index contributed by atoms with van der Waals surface area (Å²) in [5.74, 6) is 1.23. The van der Waals surface area contributed by atoms with Gasteiger partial charge in [-0.05, 0) is 57.4 Å². The molecule has 1 heterocycles. The van der Waals surface area contributed by atoms with Crippen LogP contribution < -0.4 is 4.74 Å². The van der Waals surface area contributed by atoms with Gasteiger partial charge in [-0.2, -0.15) is 0 Å². The molecular weight excluding hydrogens is 336 g/mol. The highest BCUT2D eigenvalue weighted by atomic mass is 79.9. The van der Waals surface area contributed by atoms with Gasteiger partial charge in [0.2, 0.25) is 5.78 Å². The highest BCUT2D eigenvalue weighted by Crippen LogP contribution is 2.26. The van der Waals surface area contributed by atoms with Crippen LogP contribution in [0.4, 0.5) is 0 Å². The van der Waals surface area contributed by atoms with Gasteiger partial charge in [-0.3, -0.25) is 4.79 Å². The highest BCUT2D eigenvalue weighted by Gasteiger charge is 2.13. The number of benzene rings is 1. The van der Waals surface area contributed by atoms with E-state index < -0.39 is 0 Å². The third-order valence-corrected chi connectivity index (χ3v) is 4.99. The molecule has 0 spiro atoms. The lowest BCUT2D eigenvalue weighted by molar-refractivity contribution is 0.0924. The fourth-order valence-corrected chi connectivity index (χ4v) is 3.35. The van der Waals surface area contributed by atoms with Crippen molar-refractivity contribution in [1.82, 2.24) is 0 Å². The molecule has 0 aliphatic rings. The number of ether oxygens (including phenoxy) is 1. The largest absolute Gasteiger partial charge is 0.485 e. The molecule has 2 aromatic rings. The van der Waals surface area contributed by atoms with Crippen LogP contribution in [0.3, 0.4) is 0 Å². The number of rotatable bonds is 5. The minimum Gasteiger partial charge on any atom is -0.485 e. The van der Waals surface area contributed by atoms with E-state index in [1.54, 1.807) is 0 Å². The third-order valence-electron chi connectivity index (χ3n) is 3.11. The van der Waals surface area contributed by atoms with E-state index in [9.17, 15) is 4.79 Å². The molecule has 0 saturated heterocycles. The molecule has 106 valence electrons. The molecule has 0 saturated carbocycles. The Morgan fingerprint density at radius 3 is 2.70 bits per heavy atom. The van der Waals surface area contributed by atoms with Crippen LogP contribution >= 0.6 is 27.3 Å². The van der Waals surface area contributed by atoms with Crippen molar-refractivity contribution in [3.05, 3.63) is 50.1 Å². The minimum atomic E-state index is 0.00113. The second-order valence-corrected chi connectivity index (χ2v) is 6.76. The smallest absolute Gasteiger partial charge is 0.211 e. The zero-order valence-electron chi connectivity index (χ0n) is 11.8. The number of carbonyl (C=O) groups excluding carboxylic acids is 1. The van der Waals surface area contributed by atoms with E-state index in [1.165, 1.54) is 16.9 Å². The molecular formula is C16H17BrO2S. The summed E-state index contributed by atoms with van der Waals surface area (Å²) in [7, 11) is 0. The molecule has 0 N–H and O–H groups in total. The van der Waals surface area contributed by atoms with E-state index >= 15 is 0 Å². The summed E-state index contributed by atoms with van der Waals surface area (Å²) < 4.78 is 6.54. The molecule has 1 aromatic heterocycles. The maximum atomic E-state index is 12.1. The zero-order chi connectivity index (χ0) is 14.7. The van der Waals surface area contributed by atoms with E-state index in [0.29, 0.717) is 10.8 Å². The van der Waals surface area contributed by atoms with Gasteiger partial charge in [-0.25, -0.2) is 0 Å². The Kier molecular flexibility index (Phi) is 5.00. The van der Waals surface area contributed by atoms with Crippen LogP contribution in [0, 0.1) is 6.92 Å². The lowest BCUT2D eigenvalue weighted by Gasteiger charge is -2.12. The van der Waals surface area contributed by atoms with E-state index in [0.717, 1.165) is 15.8 Å². The van der Waals surface area contributed by atoms with Crippen molar-refractivity contribution < 1.29 is 9.53 Å². The van der Waals surface area contributed by atoms with Crippen molar-refractivity contribution in [2.24, 2.45) is 0 Å². The van der Waals surface area contributed by atoms with Gasteiger partial charge < -0.3 is 4.74 Å². The molecule has 0 atom stereocenters. The molecule has 1 aromatic carbocycles. The lowest BCUT2D eigenvalue weighted by atomic mass is 10.0. The highest BCUT2D eigenvalue weighted by molar-refractivity contribution is 9.10. The van der Waals surface area contributed by atoms with Gasteiger partial charge in [-0.1, -0.05) is 26.0 Å². The summed E-state index contributed by atoms with van der Waals surface area (Å²) in [4.78, 5) is 12.8. The molecule has 4 heteroatoms. The van der Waals surface area contributed by atoms with Crippen molar-refractivity contribution >= 4 is 33.0 Å². The Labute approximate surface area is 131 Å². The fraction of sp³-hybridized carbons (Fsp3) is 0.312. The lowest BCUT2D eigenvalue weighted by Crippen LogP contribution is -2.11.